The summed E-state index contributed by atoms with van der Waals surface area (Å²) in [5.74, 6) is 1.42. The quantitative estimate of drug-likeness (QED) is 0.833. The number of piperidine rings is 1. The van der Waals surface area contributed by atoms with Gasteiger partial charge in [-0.25, -0.2) is 0 Å². The van der Waals surface area contributed by atoms with Crippen LogP contribution in [0.5, 0.6) is 5.75 Å². The second-order valence-electron chi connectivity index (χ2n) is 6.33. The molecule has 4 heteroatoms. The van der Waals surface area contributed by atoms with E-state index >= 15 is 0 Å². The number of likely N-dealkylation sites (N-methyl/N-ethyl adjacent to an activating group) is 1. The van der Waals surface area contributed by atoms with Crippen LogP contribution >= 0.6 is 0 Å². The van der Waals surface area contributed by atoms with Crippen LogP contribution < -0.4 is 0 Å². The first-order chi connectivity index (χ1) is 10.9. The lowest BCUT2D eigenvalue weighted by Gasteiger charge is -2.39. The Balaban J connectivity index is 2.20. The lowest BCUT2D eigenvalue weighted by molar-refractivity contribution is 0.167. The number of aromatic hydroxyl groups is 1. The van der Waals surface area contributed by atoms with Crippen molar-refractivity contribution >= 4 is 0 Å². The number of hydrogen-bond donors (Lipinski definition) is 2. The van der Waals surface area contributed by atoms with E-state index in [9.17, 15) is 10.2 Å². The largest absolute Gasteiger partial charge is 0.509 e. The molecule has 2 atom stereocenters. The first-order valence-electron chi connectivity index (χ1n) is 8.04. The number of hydrogen-bond acceptors (Lipinski definition) is 4. The van der Waals surface area contributed by atoms with E-state index in [0.717, 1.165) is 19.4 Å². The van der Waals surface area contributed by atoms with Gasteiger partial charge in [-0.1, -0.05) is 24.6 Å². The van der Waals surface area contributed by atoms with Gasteiger partial charge in [0.25, 0.3) is 0 Å². The van der Waals surface area contributed by atoms with Crippen LogP contribution in [0.3, 0.4) is 0 Å². The van der Waals surface area contributed by atoms with Gasteiger partial charge in [-0.3, -0.25) is 0 Å². The number of ether oxygens (including phenoxy) is 1. The number of rotatable bonds is 4. The second kappa shape index (κ2) is 7.55. The number of aliphatic hydroxyl groups is 1. The van der Waals surface area contributed by atoms with Crippen molar-refractivity contribution in [2.75, 3.05) is 20.7 Å². The molecular weight excluding hydrogens is 290 g/mol. The van der Waals surface area contributed by atoms with E-state index < -0.39 is 0 Å². The number of phenols is 1. The Morgan fingerprint density at radius 1 is 1.35 bits per heavy atom. The molecule has 2 rings (SSSR count). The van der Waals surface area contributed by atoms with E-state index in [1.165, 1.54) is 11.1 Å². The maximum absolute atomic E-state index is 9.68. The van der Waals surface area contributed by atoms with Gasteiger partial charge < -0.3 is 19.8 Å². The maximum Gasteiger partial charge on any atom is 0.155 e. The smallest absolute Gasteiger partial charge is 0.155 e. The van der Waals surface area contributed by atoms with E-state index in [-0.39, 0.29) is 5.76 Å². The molecule has 1 aromatic carbocycles. The van der Waals surface area contributed by atoms with E-state index in [0.29, 0.717) is 23.5 Å². The summed E-state index contributed by atoms with van der Waals surface area (Å²) >= 11 is 0. The van der Waals surface area contributed by atoms with E-state index in [1.807, 2.05) is 18.2 Å². The molecule has 1 aliphatic heterocycles. The Kier molecular flexibility index (Phi) is 5.72. The van der Waals surface area contributed by atoms with Gasteiger partial charge in [0.05, 0.1) is 7.11 Å². The summed E-state index contributed by atoms with van der Waals surface area (Å²) in [5, 5.41) is 19.1. The third-order valence-electron chi connectivity index (χ3n) is 4.76. The van der Waals surface area contributed by atoms with Gasteiger partial charge in [0.2, 0.25) is 0 Å². The number of aliphatic hydroxyl groups excluding tert-OH is 1. The molecule has 2 unspecified atom stereocenters. The van der Waals surface area contributed by atoms with Crippen LogP contribution in [-0.4, -0.2) is 41.9 Å². The Morgan fingerprint density at radius 3 is 2.57 bits per heavy atom. The van der Waals surface area contributed by atoms with Crippen LogP contribution in [0.4, 0.5) is 0 Å². The summed E-state index contributed by atoms with van der Waals surface area (Å²) in [7, 11) is 3.74. The molecule has 23 heavy (non-hydrogen) atoms. The molecule has 1 aromatic rings. The minimum Gasteiger partial charge on any atom is -0.509 e. The van der Waals surface area contributed by atoms with Crippen LogP contribution in [0.25, 0.3) is 0 Å². The topological polar surface area (TPSA) is 52.9 Å². The zero-order chi connectivity index (χ0) is 17.0. The monoisotopic (exact) mass is 317 g/mol. The molecule has 1 heterocycles. The standard InChI is InChI=1S/C19H27NO3/c1-13-16(12-19(23-4)14(2)21)9-10-20(3)18(13)11-15-5-7-17(22)8-6-15/h5-8,12-13,18,21-22H,9-11H2,1-4H3/b16-12-,19-14-. The van der Waals surface area contributed by atoms with E-state index in [2.05, 4.69) is 18.9 Å². The molecular formula is C19H27NO3. The highest BCUT2D eigenvalue weighted by molar-refractivity contribution is 5.29. The maximum atomic E-state index is 9.68. The first kappa shape index (κ1) is 17.4. The Morgan fingerprint density at radius 2 is 2.00 bits per heavy atom. The minimum absolute atomic E-state index is 0.209. The van der Waals surface area contributed by atoms with Gasteiger partial charge >= 0.3 is 0 Å². The molecule has 4 nitrogen and oxygen atoms in total. The van der Waals surface area contributed by atoms with Gasteiger partial charge in [-0.15, -0.1) is 0 Å². The van der Waals surface area contributed by atoms with Crippen molar-refractivity contribution < 1.29 is 14.9 Å². The SMILES string of the molecule is COC(/C=C1/CCN(C)C(Cc2ccc(O)cc2)C1C)=C(/C)O. The molecule has 1 aliphatic rings. The average molecular weight is 317 g/mol. The molecule has 0 radical (unpaired) electrons. The minimum atomic E-state index is 0.209. The van der Waals surface area contributed by atoms with Crippen LogP contribution in [0, 0.1) is 5.92 Å². The van der Waals surface area contributed by atoms with Crippen molar-refractivity contribution in [3.63, 3.8) is 0 Å². The van der Waals surface area contributed by atoms with Gasteiger partial charge in [-0.2, -0.15) is 0 Å². The van der Waals surface area contributed by atoms with Crippen molar-refractivity contribution in [1.29, 1.82) is 0 Å². The molecule has 2 N–H and O–H groups in total. The molecule has 0 bridgehead atoms. The summed E-state index contributed by atoms with van der Waals surface area (Å²) in [6.07, 6.45) is 3.89. The van der Waals surface area contributed by atoms with E-state index in [4.69, 9.17) is 4.74 Å². The summed E-state index contributed by atoms with van der Waals surface area (Å²) < 4.78 is 5.27. The predicted molar refractivity (Wildman–Crippen MR) is 92.4 cm³/mol. The molecule has 126 valence electrons. The fraction of sp³-hybridized carbons (Fsp3) is 0.474. The third-order valence-corrected chi connectivity index (χ3v) is 4.76. The first-order valence-corrected chi connectivity index (χ1v) is 8.04. The van der Waals surface area contributed by atoms with Gasteiger partial charge in [-0.05, 0) is 56.5 Å². The summed E-state index contributed by atoms with van der Waals surface area (Å²) in [5.41, 5.74) is 2.52. The van der Waals surface area contributed by atoms with Gasteiger partial charge in [0.1, 0.15) is 11.5 Å². The average Bonchev–Trinajstić information content (AvgIpc) is 2.52. The lowest BCUT2D eigenvalue weighted by Crippen LogP contribution is -2.44. The van der Waals surface area contributed by atoms with Crippen LogP contribution in [0.2, 0.25) is 0 Å². The molecule has 0 spiro atoms. The Labute approximate surface area is 138 Å². The highest BCUT2D eigenvalue weighted by atomic mass is 16.5. The predicted octanol–water partition coefficient (Wildman–Crippen LogP) is 3.64. The van der Waals surface area contributed by atoms with Crippen molar-refractivity contribution in [2.45, 2.75) is 32.7 Å². The number of benzene rings is 1. The summed E-state index contributed by atoms with van der Waals surface area (Å²) in [6.45, 7) is 4.86. The zero-order valence-electron chi connectivity index (χ0n) is 14.4. The van der Waals surface area contributed by atoms with Crippen LogP contribution in [0.15, 0.2) is 47.4 Å². The highest BCUT2D eigenvalue weighted by Crippen LogP contribution is 2.31. The molecule has 0 aromatic heterocycles. The second-order valence-corrected chi connectivity index (χ2v) is 6.33. The Bertz CT molecular complexity index is 585. The molecule has 1 fully saturated rings. The van der Waals surface area contributed by atoms with Crippen LogP contribution in [-0.2, 0) is 11.2 Å². The van der Waals surface area contributed by atoms with E-state index in [1.54, 1.807) is 26.2 Å². The molecule has 1 saturated heterocycles. The van der Waals surface area contributed by atoms with Crippen LogP contribution in [0.1, 0.15) is 25.8 Å². The third kappa shape index (κ3) is 4.29. The summed E-state index contributed by atoms with van der Waals surface area (Å²) in [4.78, 5) is 2.39. The molecule has 0 saturated carbocycles. The fourth-order valence-corrected chi connectivity index (χ4v) is 3.22. The van der Waals surface area contributed by atoms with Crippen molar-refractivity contribution in [1.82, 2.24) is 4.90 Å². The normalized spacial score (nSPS) is 25.3. The lowest BCUT2D eigenvalue weighted by atomic mass is 9.82. The fourth-order valence-electron chi connectivity index (χ4n) is 3.22. The number of methoxy groups -OCH3 is 1. The zero-order valence-corrected chi connectivity index (χ0v) is 14.4. The number of nitrogens with zero attached hydrogens (tertiary/aromatic N) is 1. The highest BCUT2D eigenvalue weighted by Gasteiger charge is 2.29. The van der Waals surface area contributed by atoms with Gasteiger partial charge in [0, 0.05) is 12.6 Å². The summed E-state index contributed by atoms with van der Waals surface area (Å²) in [6, 6.07) is 7.82. The molecule has 0 aliphatic carbocycles. The van der Waals surface area contributed by atoms with Crippen molar-refractivity contribution in [3.8, 4) is 5.75 Å². The number of likely N-dealkylation sites (tertiary alicyclic amines) is 1. The Hall–Kier alpha value is -1.94. The number of phenolic OH excluding ortho intramolecular Hbond substituents is 1. The van der Waals surface area contributed by atoms with Gasteiger partial charge in [0.15, 0.2) is 5.76 Å². The van der Waals surface area contributed by atoms with Crippen molar-refractivity contribution in [2.24, 2.45) is 5.92 Å². The molecule has 0 amide bonds. The number of allylic oxidation sites excluding steroid dienone is 2. The van der Waals surface area contributed by atoms with Crippen molar-refractivity contribution in [3.05, 3.63) is 53.0 Å².